The van der Waals surface area contributed by atoms with E-state index < -0.39 is 5.97 Å². The summed E-state index contributed by atoms with van der Waals surface area (Å²) in [5.74, 6) is -0.426. The largest absolute Gasteiger partial charge is 0.490 e. The summed E-state index contributed by atoms with van der Waals surface area (Å²) in [5.41, 5.74) is 0.259. The molecule has 104 valence electrons. The molecular formula is C17H18O3. The van der Waals surface area contributed by atoms with Gasteiger partial charge in [0, 0.05) is 0 Å². The van der Waals surface area contributed by atoms with Gasteiger partial charge in [-0.2, -0.15) is 0 Å². The van der Waals surface area contributed by atoms with E-state index in [-0.39, 0.29) is 11.7 Å². The summed E-state index contributed by atoms with van der Waals surface area (Å²) in [6.07, 6.45) is 5.78. The van der Waals surface area contributed by atoms with Crippen molar-refractivity contribution >= 4 is 16.7 Å². The van der Waals surface area contributed by atoms with Crippen LogP contribution in [0.2, 0.25) is 0 Å². The van der Waals surface area contributed by atoms with Crippen molar-refractivity contribution in [3.63, 3.8) is 0 Å². The first-order chi connectivity index (χ1) is 9.74. The van der Waals surface area contributed by atoms with E-state index in [2.05, 4.69) is 0 Å². The smallest absolute Gasteiger partial charge is 0.339 e. The minimum absolute atomic E-state index is 0.156. The van der Waals surface area contributed by atoms with Crippen molar-refractivity contribution in [1.29, 1.82) is 0 Å². The lowest BCUT2D eigenvalue weighted by atomic mass is 9.97. The lowest BCUT2D eigenvalue weighted by Gasteiger charge is -2.24. The highest BCUT2D eigenvalue weighted by atomic mass is 16.5. The second-order valence-corrected chi connectivity index (χ2v) is 5.38. The van der Waals surface area contributed by atoms with Gasteiger partial charge in [-0.15, -0.1) is 0 Å². The van der Waals surface area contributed by atoms with Crippen molar-refractivity contribution in [2.75, 3.05) is 0 Å². The molecule has 2 aromatic rings. The van der Waals surface area contributed by atoms with Gasteiger partial charge in [0.2, 0.25) is 0 Å². The molecule has 0 spiro atoms. The van der Waals surface area contributed by atoms with Gasteiger partial charge >= 0.3 is 5.97 Å². The predicted molar refractivity (Wildman–Crippen MR) is 78.4 cm³/mol. The Morgan fingerprint density at radius 2 is 1.70 bits per heavy atom. The first-order valence-electron chi connectivity index (χ1n) is 7.17. The lowest BCUT2D eigenvalue weighted by Crippen LogP contribution is -2.20. The monoisotopic (exact) mass is 270 g/mol. The van der Waals surface area contributed by atoms with Crippen LogP contribution in [0.1, 0.15) is 42.5 Å². The van der Waals surface area contributed by atoms with E-state index in [4.69, 9.17) is 4.74 Å². The van der Waals surface area contributed by atoms with Crippen molar-refractivity contribution < 1.29 is 14.6 Å². The van der Waals surface area contributed by atoms with Crippen molar-refractivity contribution in [1.82, 2.24) is 0 Å². The predicted octanol–water partition coefficient (Wildman–Crippen LogP) is 4.25. The van der Waals surface area contributed by atoms with E-state index in [0.717, 1.165) is 23.6 Å². The zero-order valence-electron chi connectivity index (χ0n) is 11.3. The third-order valence-electron chi connectivity index (χ3n) is 3.92. The summed E-state index contributed by atoms with van der Waals surface area (Å²) < 4.78 is 5.98. The molecular weight excluding hydrogens is 252 g/mol. The number of hydrogen-bond donors (Lipinski definition) is 1. The number of aromatic carboxylic acids is 1. The maximum atomic E-state index is 11.4. The van der Waals surface area contributed by atoms with Gasteiger partial charge in [-0.25, -0.2) is 4.79 Å². The molecule has 20 heavy (non-hydrogen) atoms. The van der Waals surface area contributed by atoms with Gasteiger partial charge in [0.15, 0.2) is 0 Å². The molecule has 3 rings (SSSR count). The Morgan fingerprint density at radius 1 is 1.05 bits per heavy atom. The molecule has 1 aliphatic carbocycles. The Morgan fingerprint density at radius 3 is 2.35 bits per heavy atom. The molecule has 1 fully saturated rings. The van der Waals surface area contributed by atoms with Crippen molar-refractivity contribution in [2.45, 2.75) is 38.2 Å². The molecule has 3 nitrogen and oxygen atoms in total. The average Bonchev–Trinajstić information content (AvgIpc) is 2.47. The van der Waals surface area contributed by atoms with Crippen LogP contribution in [0.15, 0.2) is 36.4 Å². The van der Waals surface area contributed by atoms with Crippen LogP contribution in [-0.4, -0.2) is 17.2 Å². The van der Waals surface area contributed by atoms with Crippen molar-refractivity contribution in [3.05, 3.63) is 42.0 Å². The van der Waals surface area contributed by atoms with Gasteiger partial charge in [-0.3, -0.25) is 0 Å². The van der Waals surface area contributed by atoms with Gasteiger partial charge in [-0.1, -0.05) is 30.7 Å². The molecule has 0 aliphatic heterocycles. The Hall–Kier alpha value is -2.03. The molecule has 0 atom stereocenters. The summed E-state index contributed by atoms with van der Waals surface area (Å²) in [6, 6.07) is 11.3. The summed E-state index contributed by atoms with van der Waals surface area (Å²) >= 11 is 0. The Labute approximate surface area is 118 Å². The highest BCUT2D eigenvalue weighted by Gasteiger charge is 2.19. The molecule has 0 saturated heterocycles. The molecule has 0 aromatic heterocycles. The number of carboxylic acids is 1. The van der Waals surface area contributed by atoms with E-state index in [0.29, 0.717) is 5.75 Å². The van der Waals surface area contributed by atoms with Crippen LogP contribution in [0, 0.1) is 0 Å². The van der Waals surface area contributed by atoms with E-state index in [1.165, 1.54) is 19.3 Å². The zero-order valence-corrected chi connectivity index (χ0v) is 11.3. The van der Waals surface area contributed by atoms with Crippen LogP contribution >= 0.6 is 0 Å². The molecule has 0 heterocycles. The number of ether oxygens (including phenoxy) is 1. The SMILES string of the molecule is O=C(O)c1cc2ccccc2cc1OC1CCCCC1. The minimum atomic E-state index is -0.929. The van der Waals surface area contributed by atoms with Crippen LogP contribution in [-0.2, 0) is 0 Å². The quantitative estimate of drug-likeness (QED) is 0.907. The Kier molecular flexibility index (Phi) is 3.59. The summed E-state index contributed by atoms with van der Waals surface area (Å²) in [5, 5.41) is 11.3. The molecule has 1 aliphatic rings. The maximum absolute atomic E-state index is 11.4. The van der Waals surface area contributed by atoms with Gasteiger partial charge < -0.3 is 9.84 Å². The molecule has 3 heteroatoms. The maximum Gasteiger partial charge on any atom is 0.339 e. The molecule has 0 radical (unpaired) electrons. The highest BCUT2D eigenvalue weighted by molar-refractivity contribution is 5.97. The third kappa shape index (κ3) is 2.62. The van der Waals surface area contributed by atoms with E-state index in [1.54, 1.807) is 6.07 Å². The van der Waals surface area contributed by atoms with Crippen LogP contribution in [0.4, 0.5) is 0 Å². The topological polar surface area (TPSA) is 46.5 Å². The average molecular weight is 270 g/mol. The fourth-order valence-electron chi connectivity index (χ4n) is 2.85. The summed E-state index contributed by atoms with van der Waals surface area (Å²) in [4.78, 5) is 11.4. The number of hydrogen-bond acceptors (Lipinski definition) is 2. The van der Waals surface area contributed by atoms with E-state index in [9.17, 15) is 9.90 Å². The molecule has 0 amide bonds. The Balaban J connectivity index is 1.98. The normalized spacial score (nSPS) is 16.2. The van der Waals surface area contributed by atoms with Crippen LogP contribution < -0.4 is 4.74 Å². The third-order valence-corrected chi connectivity index (χ3v) is 3.92. The van der Waals surface area contributed by atoms with Crippen LogP contribution in [0.5, 0.6) is 5.75 Å². The second kappa shape index (κ2) is 5.53. The Bertz CT molecular complexity index is 627. The fraction of sp³-hybridized carbons (Fsp3) is 0.353. The molecule has 1 saturated carbocycles. The summed E-state index contributed by atoms with van der Waals surface area (Å²) in [7, 11) is 0. The van der Waals surface area contributed by atoms with Gasteiger partial charge in [0.25, 0.3) is 0 Å². The van der Waals surface area contributed by atoms with E-state index >= 15 is 0 Å². The number of rotatable bonds is 3. The van der Waals surface area contributed by atoms with Crippen LogP contribution in [0.25, 0.3) is 10.8 Å². The molecule has 0 bridgehead atoms. The number of carboxylic acid groups (broad SMARTS) is 1. The van der Waals surface area contributed by atoms with Gasteiger partial charge in [-0.05, 0) is 48.6 Å². The zero-order chi connectivity index (χ0) is 13.9. The lowest BCUT2D eigenvalue weighted by molar-refractivity contribution is 0.0686. The van der Waals surface area contributed by atoms with E-state index in [1.807, 2.05) is 30.3 Å². The number of carbonyl (C=O) groups is 1. The van der Waals surface area contributed by atoms with Crippen LogP contribution in [0.3, 0.4) is 0 Å². The standard InChI is InChI=1S/C17H18O3/c18-17(19)15-10-12-6-4-5-7-13(12)11-16(15)20-14-8-2-1-3-9-14/h4-7,10-11,14H,1-3,8-9H2,(H,18,19). The highest BCUT2D eigenvalue weighted by Crippen LogP contribution is 2.30. The summed E-state index contributed by atoms with van der Waals surface area (Å²) in [6.45, 7) is 0. The first-order valence-corrected chi connectivity index (χ1v) is 7.17. The number of fused-ring (bicyclic) bond motifs is 1. The van der Waals surface area contributed by atoms with Crippen molar-refractivity contribution in [2.24, 2.45) is 0 Å². The number of benzene rings is 2. The van der Waals surface area contributed by atoms with Gasteiger partial charge in [0.05, 0.1) is 6.10 Å². The second-order valence-electron chi connectivity index (χ2n) is 5.38. The minimum Gasteiger partial charge on any atom is -0.490 e. The van der Waals surface area contributed by atoms with Crippen molar-refractivity contribution in [3.8, 4) is 5.75 Å². The molecule has 0 unspecified atom stereocenters. The first kappa shape index (κ1) is 13.0. The molecule has 2 aromatic carbocycles. The molecule has 1 N–H and O–H groups in total. The fourth-order valence-corrected chi connectivity index (χ4v) is 2.85. The van der Waals surface area contributed by atoms with Gasteiger partial charge in [0.1, 0.15) is 11.3 Å².